The van der Waals surface area contributed by atoms with E-state index in [-0.39, 0.29) is 18.8 Å². The van der Waals surface area contributed by atoms with Gasteiger partial charge in [0.15, 0.2) is 0 Å². The van der Waals surface area contributed by atoms with Gasteiger partial charge in [-0.3, -0.25) is 19.2 Å². The molecule has 0 heterocycles. The second kappa shape index (κ2) is 12.6. The molecule has 0 rings (SSSR count). The first-order valence-electron chi connectivity index (χ1n) is 8.78. The van der Waals surface area contributed by atoms with Crippen molar-refractivity contribution in [3.63, 3.8) is 0 Å². The number of hydrogen-bond acceptors (Lipinski definition) is 7. The van der Waals surface area contributed by atoms with Crippen molar-refractivity contribution in [3.05, 3.63) is 0 Å². The van der Waals surface area contributed by atoms with Gasteiger partial charge in [-0.2, -0.15) is 0 Å². The molecule has 12 heteroatoms. The zero-order chi connectivity index (χ0) is 21.9. The van der Waals surface area contributed by atoms with Crippen molar-refractivity contribution >= 4 is 29.6 Å². The Balaban J connectivity index is 4.97. The van der Waals surface area contributed by atoms with Crippen LogP contribution in [0.1, 0.15) is 33.1 Å². The van der Waals surface area contributed by atoms with Gasteiger partial charge in [-0.05, 0) is 12.3 Å². The van der Waals surface area contributed by atoms with E-state index in [1.165, 1.54) is 0 Å². The van der Waals surface area contributed by atoms with Crippen LogP contribution in [0.3, 0.4) is 0 Å². The lowest BCUT2D eigenvalue weighted by Gasteiger charge is -2.25. The monoisotopic (exact) mass is 403 g/mol. The van der Waals surface area contributed by atoms with Crippen LogP contribution in [0.4, 0.5) is 0 Å². The standard InChI is InChI=1S/C16H29N5O7/c1-3-8(2)13(21-12(24)6-19-14(25)9(17)7-22)15(26)20-10(16(27)28)4-5-11(18)23/h8-10,13,22H,3-7,17H2,1-2H3,(H2,18,23)(H,19,25)(H,20,26)(H,21,24)(H,27,28). The van der Waals surface area contributed by atoms with Crippen molar-refractivity contribution in [1.82, 2.24) is 16.0 Å². The van der Waals surface area contributed by atoms with Gasteiger partial charge in [0.05, 0.1) is 13.2 Å². The number of aliphatic carboxylic acids is 1. The third kappa shape index (κ3) is 9.28. The van der Waals surface area contributed by atoms with E-state index < -0.39 is 60.9 Å². The van der Waals surface area contributed by atoms with E-state index in [0.29, 0.717) is 6.42 Å². The third-order valence-electron chi connectivity index (χ3n) is 4.06. The summed E-state index contributed by atoms with van der Waals surface area (Å²) in [5.41, 5.74) is 10.3. The second-order valence-electron chi connectivity index (χ2n) is 6.34. The summed E-state index contributed by atoms with van der Waals surface area (Å²) in [5.74, 6) is -4.55. The normalized spacial score (nSPS) is 14.9. The Bertz CT molecular complexity index is 584. The molecule has 9 N–H and O–H groups in total. The second-order valence-corrected chi connectivity index (χ2v) is 6.34. The Hall–Kier alpha value is -2.73. The average molecular weight is 403 g/mol. The van der Waals surface area contributed by atoms with Crippen molar-refractivity contribution in [2.24, 2.45) is 17.4 Å². The quantitative estimate of drug-likeness (QED) is 0.166. The van der Waals surface area contributed by atoms with E-state index in [1.807, 2.05) is 0 Å². The molecule has 0 fully saturated rings. The Labute approximate surface area is 162 Å². The van der Waals surface area contributed by atoms with Gasteiger partial charge in [-0.25, -0.2) is 4.79 Å². The first kappa shape index (κ1) is 25.3. The predicted octanol–water partition coefficient (Wildman–Crippen LogP) is -3.21. The van der Waals surface area contributed by atoms with Crippen LogP contribution in [-0.2, 0) is 24.0 Å². The number of aliphatic hydroxyl groups excluding tert-OH is 1. The number of nitrogens with two attached hydrogens (primary N) is 2. The summed E-state index contributed by atoms with van der Waals surface area (Å²) in [7, 11) is 0. The van der Waals surface area contributed by atoms with Crippen LogP contribution in [0.5, 0.6) is 0 Å². The summed E-state index contributed by atoms with van der Waals surface area (Å²) >= 11 is 0. The summed E-state index contributed by atoms with van der Waals surface area (Å²) in [5, 5.41) is 24.9. The minimum absolute atomic E-state index is 0.188. The Morgan fingerprint density at radius 1 is 1.07 bits per heavy atom. The van der Waals surface area contributed by atoms with E-state index in [2.05, 4.69) is 16.0 Å². The van der Waals surface area contributed by atoms with Gasteiger partial charge >= 0.3 is 5.97 Å². The van der Waals surface area contributed by atoms with E-state index in [4.69, 9.17) is 16.6 Å². The summed E-state index contributed by atoms with van der Waals surface area (Å²) in [6.45, 7) is 2.40. The summed E-state index contributed by atoms with van der Waals surface area (Å²) in [6.07, 6.45) is 0.0839. The topological polar surface area (TPSA) is 214 Å². The summed E-state index contributed by atoms with van der Waals surface area (Å²) in [6, 6.07) is -3.58. The molecular formula is C16H29N5O7. The molecule has 0 spiro atoms. The van der Waals surface area contributed by atoms with Gasteiger partial charge in [0.2, 0.25) is 23.6 Å². The maximum absolute atomic E-state index is 12.5. The molecule has 0 bridgehead atoms. The van der Waals surface area contributed by atoms with E-state index >= 15 is 0 Å². The average Bonchev–Trinajstić information content (AvgIpc) is 2.65. The molecular weight excluding hydrogens is 374 g/mol. The van der Waals surface area contributed by atoms with Crippen LogP contribution >= 0.6 is 0 Å². The molecule has 0 saturated heterocycles. The molecule has 0 aromatic rings. The van der Waals surface area contributed by atoms with Crippen LogP contribution in [0, 0.1) is 5.92 Å². The number of primary amides is 1. The highest BCUT2D eigenvalue weighted by molar-refractivity contribution is 5.92. The van der Waals surface area contributed by atoms with Crippen molar-refractivity contribution in [2.75, 3.05) is 13.2 Å². The fraction of sp³-hybridized carbons (Fsp3) is 0.688. The number of nitrogens with one attached hydrogen (secondary N) is 3. The zero-order valence-electron chi connectivity index (χ0n) is 15.9. The molecule has 28 heavy (non-hydrogen) atoms. The fourth-order valence-electron chi connectivity index (χ4n) is 2.11. The SMILES string of the molecule is CCC(C)C(NC(=O)CNC(=O)C(N)CO)C(=O)NC(CCC(N)=O)C(=O)O. The van der Waals surface area contributed by atoms with Gasteiger partial charge in [0.25, 0.3) is 0 Å². The van der Waals surface area contributed by atoms with Crippen molar-refractivity contribution in [2.45, 2.75) is 51.2 Å². The summed E-state index contributed by atoms with van der Waals surface area (Å²) < 4.78 is 0. The molecule has 0 aliphatic heterocycles. The highest BCUT2D eigenvalue weighted by Gasteiger charge is 2.30. The number of amides is 4. The van der Waals surface area contributed by atoms with Crippen LogP contribution in [0.15, 0.2) is 0 Å². The van der Waals surface area contributed by atoms with Crippen LogP contribution < -0.4 is 27.4 Å². The number of aliphatic hydroxyl groups is 1. The van der Waals surface area contributed by atoms with E-state index in [1.54, 1.807) is 13.8 Å². The highest BCUT2D eigenvalue weighted by atomic mass is 16.4. The maximum Gasteiger partial charge on any atom is 0.326 e. The lowest BCUT2D eigenvalue weighted by atomic mass is 9.97. The lowest BCUT2D eigenvalue weighted by molar-refractivity contribution is -0.143. The van der Waals surface area contributed by atoms with Crippen molar-refractivity contribution in [3.8, 4) is 0 Å². The molecule has 0 aliphatic carbocycles. The number of carboxylic acid groups (broad SMARTS) is 1. The fourth-order valence-corrected chi connectivity index (χ4v) is 2.11. The lowest BCUT2D eigenvalue weighted by Crippen LogP contribution is -2.56. The molecule has 0 aromatic heterocycles. The minimum atomic E-state index is -1.34. The molecule has 0 aromatic carbocycles. The van der Waals surface area contributed by atoms with Gasteiger partial charge in [0, 0.05) is 6.42 Å². The molecule has 4 unspecified atom stereocenters. The first-order valence-corrected chi connectivity index (χ1v) is 8.78. The highest BCUT2D eigenvalue weighted by Crippen LogP contribution is 2.09. The smallest absolute Gasteiger partial charge is 0.326 e. The maximum atomic E-state index is 12.5. The predicted molar refractivity (Wildman–Crippen MR) is 97.5 cm³/mol. The van der Waals surface area contributed by atoms with Crippen LogP contribution in [0.2, 0.25) is 0 Å². The Kier molecular flexibility index (Phi) is 11.4. The van der Waals surface area contributed by atoms with Crippen molar-refractivity contribution in [1.29, 1.82) is 0 Å². The first-order chi connectivity index (χ1) is 13.0. The van der Waals surface area contributed by atoms with Crippen LogP contribution in [0.25, 0.3) is 0 Å². The van der Waals surface area contributed by atoms with E-state index in [0.717, 1.165) is 0 Å². The molecule has 4 atom stereocenters. The third-order valence-corrected chi connectivity index (χ3v) is 4.06. The molecule has 12 nitrogen and oxygen atoms in total. The number of hydrogen-bond donors (Lipinski definition) is 7. The molecule has 0 aliphatic rings. The molecule has 4 amide bonds. The van der Waals surface area contributed by atoms with Crippen LogP contribution in [-0.4, -0.2) is 71.1 Å². The number of carbonyl (C=O) groups is 5. The molecule has 160 valence electrons. The minimum Gasteiger partial charge on any atom is -0.480 e. The van der Waals surface area contributed by atoms with Gasteiger partial charge < -0.3 is 37.6 Å². The molecule has 0 radical (unpaired) electrons. The van der Waals surface area contributed by atoms with Gasteiger partial charge in [0.1, 0.15) is 18.1 Å². The van der Waals surface area contributed by atoms with Gasteiger partial charge in [-0.1, -0.05) is 20.3 Å². The van der Waals surface area contributed by atoms with Gasteiger partial charge in [-0.15, -0.1) is 0 Å². The van der Waals surface area contributed by atoms with E-state index in [9.17, 15) is 29.1 Å². The number of rotatable bonds is 13. The Morgan fingerprint density at radius 3 is 2.14 bits per heavy atom. The largest absolute Gasteiger partial charge is 0.480 e. The Morgan fingerprint density at radius 2 is 1.68 bits per heavy atom. The molecule has 0 saturated carbocycles. The summed E-state index contributed by atoms with van der Waals surface area (Å²) in [4.78, 5) is 58.1. The number of carbonyl (C=O) groups excluding carboxylic acids is 4. The zero-order valence-corrected chi connectivity index (χ0v) is 15.9. The number of carboxylic acids is 1. The van der Waals surface area contributed by atoms with Crippen molar-refractivity contribution < 1.29 is 34.2 Å².